The first-order valence-electron chi connectivity index (χ1n) is 11.4. The Labute approximate surface area is 186 Å². The van der Waals surface area contributed by atoms with E-state index < -0.39 is 0 Å². The molecule has 0 saturated heterocycles. The average Bonchev–Trinajstić information content (AvgIpc) is 3.13. The van der Waals surface area contributed by atoms with Gasteiger partial charge in [-0.2, -0.15) is 0 Å². The predicted molar refractivity (Wildman–Crippen MR) is 130 cm³/mol. The molecule has 1 N–H and O–H groups in total. The molecule has 31 heavy (non-hydrogen) atoms. The zero-order valence-corrected chi connectivity index (χ0v) is 18.6. The molecule has 3 aromatic rings. The highest BCUT2D eigenvalue weighted by molar-refractivity contribution is 5.86. The number of aliphatic imine (C=N–C) groups is 1. The van der Waals surface area contributed by atoms with Crippen LogP contribution < -0.4 is 5.32 Å². The average molecular weight is 412 g/mol. The molecule has 0 aromatic heterocycles. The number of rotatable bonds is 9. The standard InChI is InChI=1S/C28H33N3/c1-22(2)28-30-26(18-23-12-6-3-7-13-23)27(20-29-19-24-14-8-4-9-15-24)31(28)21-25-16-10-5-11-17-25/h3-17,22,26-27,29H,18-21H2,1-2H3/t26-,27-/m1/s1. The Morgan fingerprint density at radius 3 is 1.90 bits per heavy atom. The number of hydrogen-bond acceptors (Lipinski definition) is 3. The first-order chi connectivity index (χ1) is 15.2. The molecule has 3 nitrogen and oxygen atoms in total. The lowest BCUT2D eigenvalue weighted by atomic mass is 9.99. The normalized spacial score (nSPS) is 18.4. The second kappa shape index (κ2) is 10.4. The van der Waals surface area contributed by atoms with E-state index in [0.29, 0.717) is 12.0 Å². The highest BCUT2D eigenvalue weighted by atomic mass is 15.3. The van der Waals surface area contributed by atoms with Crippen LogP contribution in [0.5, 0.6) is 0 Å². The van der Waals surface area contributed by atoms with Crippen molar-refractivity contribution in [2.24, 2.45) is 10.9 Å². The molecule has 1 aliphatic rings. The molecular formula is C28H33N3. The van der Waals surface area contributed by atoms with Crippen molar-refractivity contribution in [3.63, 3.8) is 0 Å². The molecule has 3 aromatic carbocycles. The SMILES string of the molecule is CC(C)C1=N[C@H](Cc2ccccc2)[C@@H](CNCc2ccccc2)N1Cc1ccccc1. The summed E-state index contributed by atoms with van der Waals surface area (Å²) in [4.78, 5) is 7.82. The molecule has 160 valence electrons. The van der Waals surface area contributed by atoms with Crippen molar-refractivity contribution in [1.29, 1.82) is 0 Å². The van der Waals surface area contributed by atoms with Crippen molar-refractivity contribution in [2.45, 2.75) is 45.4 Å². The van der Waals surface area contributed by atoms with Crippen LogP contribution in [-0.2, 0) is 19.5 Å². The molecule has 0 saturated carbocycles. The molecule has 0 amide bonds. The third kappa shape index (κ3) is 5.62. The topological polar surface area (TPSA) is 27.6 Å². The number of benzene rings is 3. The van der Waals surface area contributed by atoms with Crippen LogP contribution in [0.3, 0.4) is 0 Å². The van der Waals surface area contributed by atoms with Gasteiger partial charge in [0.15, 0.2) is 0 Å². The maximum atomic E-state index is 5.27. The van der Waals surface area contributed by atoms with E-state index in [1.54, 1.807) is 0 Å². The zero-order valence-electron chi connectivity index (χ0n) is 18.6. The quantitative estimate of drug-likeness (QED) is 0.516. The van der Waals surface area contributed by atoms with E-state index in [1.807, 2.05) is 0 Å². The van der Waals surface area contributed by atoms with Gasteiger partial charge in [0.2, 0.25) is 0 Å². The van der Waals surface area contributed by atoms with E-state index >= 15 is 0 Å². The maximum absolute atomic E-state index is 5.27. The number of hydrogen-bond donors (Lipinski definition) is 1. The van der Waals surface area contributed by atoms with Gasteiger partial charge in [-0.1, -0.05) is 105 Å². The molecule has 1 aliphatic heterocycles. The molecule has 4 rings (SSSR count). The summed E-state index contributed by atoms with van der Waals surface area (Å²) in [5.41, 5.74) is 4.01. The maximum Gasteiger partial charge on any atom is 0.103 e. The van der Waals surface area contributed by atoms with E-state index in [1.165, 1.54) is 22.5 Å². The molecule has 0 radical (unpaired) electrons. The smallest absolute Gasteiger partial charge is 0.103 e. The summed E-state index contributed by atoms with van der Waals surface area (Å²) in [6.07, 6.45) is 0.972. The van der Waals surface area contributed by atoms with Crippen LogP contribution in [0.2, 0.25) is 0 Å². The first kappa shape index (κ1) is 21.3. The lowest BCUT2D eigenvalue weighted by molar-refractivity contribution is 0.277. The van der Waals surface area contributed by atoms with Crippen molar-refractivity contribution in [2.75, 3.05) is 6.54 Å². The highest BCUT2D eigenvalue weighted by Crippen LogP contribution is 2.26. The van der Waals surface area contributed by atoms with Gasteiger partial charge in [-0.25, -0.2) is 0 Å². The summed E-state index contributed by atoms with van der Waals surface area (Å²) >= 11 is 0. The van der Waals surface area contributed by atoms with Crippen LogP contribution >= 0.6 is 0 Å². The number of amidine groups is 1. The van der Waals surface area contributed by atoms with Crippen molar-refractivity contribution >= 4 is 5.84 Å². The summed E-state index contributed by atoms with van der Waals surface area (Å²) < 4.78 is 0. The summed E-state index contributed by atoms with van der Waals surface area (Å²) in [6.45, 7) is 7.22. The summed E-state index contributed by atoms with van der Waals surface area (Å²) in [7, 11) is 0. The Bertz CT molecular complexity index is 951. The van der Waals surface area contributed by atoms with Gasteiger partial charge >= 0.3 is 0 Å². The largest absolute Gasteiger partial charge is 0.349 e. The molecule has 2 atom stereocenters. The molecule has 0 aliphatic carbocycles. The van der Waals surface area contributed by atoms with Crippen LogP contribution in [0.15, 0.2) is 96.0 Å². The van der Waals surface area contributed by atoms with Crippen LogP contribution in [0.25, 0.3) is 0 Å². The minimum absolute atomic E-state index is 0.256. The van der Waals surface area contributed by atoms with E-state index in [4.69, 9.17) is 4.99 Å². The van der Waals surface area contributed by atoms with Gasteiger partial charge in [-0.05, 0) is 23.1 Å². The Hall–Kier alpha value is -2.91. The number of nitrogens with zero attached hydrogens (tertiary/aromatic N) is 2. The minimum Gasteiger partial charge on any atom is -0.349 e. The van der Waals surface area contributed by atoms with E-state index in [0.717, 1.165) is 26.1 Å². The van der Waals surface area contributed by atoms with Gasteiger partial charge in [0, 0.05) is 25.6 Å². The van der Waals surface area contributed by atoms with E-state index in [-0.39, 0.29) is 6.04 Å². The fraction of sp³-hybridized carbons (Fsp3) is 0.321. The van der Waals surface area contributed by atoms with Gasteiger partial charge in [-0.15, -0.1) is 0 Å². The van der Waals surface area contributed by atoms with Gasteiger partial charge in [0.25, 0.3) is 0 Å². The Morgan fingerprint density at radius 1 is 0.774 bits per heavy atom. The lowest BCUT2D eigenvalue weighted by Crippen LogP contribution is -2.47. The zero-order chi connectivity index (χ0) is 21.5. The minimum atomic E-state index is 0.256. The summed E-state index contributed by atoms with van der Waals surface area (Å²) in [5, 5.41) is 3.72. The second-order valence-corrected chi connectivity index (χ2v) is 8.70. The molecule has 0 fully saturated rings. The van der Waals surface area contributed by atoms with Crippen molar-refractivity contribution < 1.29 is 0 Å². The van der Waals surface area contributed by atoms with Gasteiger partial charge in [-0.3, -0.25) is 4.99 Å². The van der Waals surface area contributed by atoms with Crippen LogP contribution in [0.1, 0.15) is 30.5 Å². The molecule has 0 unspecified atom stereocenters. The highest BCUT2D eigenvalue weighted by Gasteiger charge is 2.36. The lowest BCUT2D eigenvalue weighted by Gasteiger charge is -2.32. The second-order valence-electron chi connectivity index (χ2n) is 8.70. The Morgan fingerprint density at radius 2 is 1.32 bits per heavy atom. The fourth-order valence-corrected chi connectivity index (χ4v) is 4.41. The van der Waals surface area contributed by atoms with Crippen LogP contribution in [-0.4, -0.2) is 29.4 Å². The summed E-state index contributed by atoms with van der Waals surface area (Å²) in [6, 6.07) is 32.8. The first-order valence-corrected chi connectivity index (χ1v) is 11.4. The van der Waals surface area contributed by atoms with E-state index in [9.17, 15) is 0 Å². The molecule has 0 bridgehead atoms. The molecular weight excluding hydrogens is 378 g/mol. The van der Waals surface area contributed by atoms with E-state index in [2.05, 4.69) is 115 Å². The van der Waals surface area contributed by atoms with Gasteiger partial charge in [0.1, 0.15) is 5.84 Å². The van der Waals surface area contributed by atoms with Crippen LogP contribution in [0.4, 0.5) is 0 Å². The van der Waals surface area contributed by atoms with Crippen LogP contribution in [0, 0.1) is 5.92 Å². The van der Waals surface area contributed by atoms with Crippen molar-refractivity contribution in [3.05, 3.63) is 108 Å². The number of nitrogens with one attached hydrogen (secondary N) is 1. The summed E-state index contributed by atoms with van der Waals surface area (Å²) in [5.74, 6) is 1.64. The van der Waals surface area contributed by atoms with Crippen molar-refractivity contribution in [3.8, 4) is 0 Å². The Balaban J connectivity index is 1.55. The molecule has 3 heteroatoms. The van der Waals surface area contributed by atoms with Gasteiger partial charge in [0.05, 0.1) is 12.1 Å². The third-order valence-electron chi connectivity index (χ3n) is 5.96. The molecule has 1 heterocycles. The Kier molecular flexibility index (Phi) is 7.16. The third-order valence-corrected chi connectivity index (χ3v) is 5.96. The fourth-order valence-electron chi connectivity index (χ4n) is 4.41. The van der Waals surface area contributed by atoms with Crippen molar-refractivity contribution in [1.82, 2.24) is 10.2 Å². The van der Waals surface area contributed by atoms with Gasteiger partial charge < -0.3 is 10.2 Å². The monoisotopic (exact) mass is 411 g/mol. The predicted octanol–water partition coefficient (Wildman–Crippen LogP) is 5.33. The molecule has 0 spiro atoms.